The SMILES string of the molecule is CCn1ccnc1CNCC=C(C)C. The summed E-state index contributed by atoms with van der Waals surface area (Å²) in [5.74, 6) is 1.11. The summed E-state index contributed by atoms with van der Waals surface area (Å²) in [6, 6.07) is 0. The van der Waals surface area contributed by atoms with Gasteiger partial charge in [0.1, 0.15) is 5.82 Å². The van der Waals surface area contributed by atoms with E-state index in [1.54, 1.807) is 0 Å². The van der Waals surface area contributed by atoms with Gasteiger partial charge in [-0.2, -0.15) is 0 Å². The summed E-state index contributed by atoms with van der Waals surface area (Å²) in [7, 11) is 0. The predicted octanol–water partition coefficient (Wildman–Crippen LogP) is 1.96. The molecule has 0 aromatic carbocycles. The molecule has 78 valence electrons. The van der Waals surface area contributed by atoms with Gasteiger partial charge in [0.2, 0.25) is 0 Å². The van der Waals surface area contributed by atoms with Crippen molar-refractivity contribution in [1.82, 2.24) is 14.9 Å². The molecule has 1 N–H and O–H groups in total. The minimum absolute atomic E-state index is 0.838. The standard InChI is InChI=1S/C11H19N3/c1-4-14-8-7-13-11(14)9-12-6-5-10(2)3/h5,7-8,12H,4,6,9H2,1-3H3. The molecular weight excluding hydrogens is 174 g/mol. The van der Waals surface area contributed by atoms with Crippen LogP contribution in [0.15, 0.2) is 24.0 Å². The molecular formula is C11H19N3. The molecule has 1 rings (SSSR count). The second-order valence-electron chi connectivity index (χ2n) is 3.54. The quantitative estimate of drug-likeness (QED) is 0.572. The van der Waals surface area contributed by atoms with Crippen molar-refractivity contribution in [2.24, 2.45) is 0 Å². The van der Waals surface area contributed by atoms with Crippen molar-refractivity contribution in [3.63, 3.8) is 0 Å². The fourth-order valence-corrected chi connectivity index (χ4v) is 1.26. The predicted molar refractivity (Wildman–Crippen MR) is 59.0 cm³/mol. The van der Waals surface area contributed by atoms with E-state index in [0.717, 1.165) is 25.5 Å². The van der Waals surface area contributed by atoms with Crippen molar-refractivity contribution in [2.45, 2.75) is 33.9 Å². The average Bonchev–Trinajstić information content (AvgIpc) is 2.59. The number of nitrogens with zero attached hydrogens (tertiary/aromatic N) is 2. The number of imidazole rings is 1. The number of rotatable bonds is 5. The molecule has 1 heterocycles. The van der Waals surface area contributed by atoms with Gasteiger partial charge in [-0.05, 0) is 20.8 Å². The van der Waals surface area contributed by atoms with Crippen LogP contribution in [0.1, 0.15) is 26.6 Å². The van der Waals surface area contributed by atoms with Gasteiger partial charge in [0.25, 0.3) is 0 Å². The summed E-state index contributed by atoms with van der Waals surface area (Å²) >= 11 is 0. The first-order valence-electron chi connectivity index (χ1n) is 5.08. The van der Waals surface area contributed by atoms with Gasteiger partial charge in [-0.3, -0.25) is 0 Å². The van der Waals surface area contributed by atoms with E-state index in [9.17, 15) is 0 Å². The summed E-state index contributed by atoms with van der Waals surface area (Å²) in [5, 5.41) is 3.33. The minimum Gasteiger partial charge on any atom is -0.334 e. The van der Waals surface area contributed by atoms with Crippen molar-refractivity contribution in [3.8, 4) is 0 Å². The largest absolute Gasteiger partial charge is 0.334 e. The Hall–Kier alpha value is -1.09. The maximum absolute atomic E-state index is 4.28. The highest BCUT2D eigenvalue weighted by Gasteiger charge is 1.98. The van der Waals surface area contributed by atoms with Gasteiger partial charge in [-0.15, -0.1) is 0 Å². The van der Waals surface area contributed by atoms with Crippen LogP contribution in [0, 0.1) is 0 Å². The van der Waals surface area contributed by atoms with Crippen molar-refractivity contribution in [1.29, 1.82) is 0 Å². The average molecular weight is 193 g/mol. The molecule has 0 radical (unpaired) electrons. The summed E-state index contributed by atoms with van der Waals surface area (Å²) in [5.41, 5.74) is 1.34. The highest BCUT2D eigenvalue weighted by molar-refractivity contribution is 4.96. The number of aromatic nitrogens is 2. The molecule has 0 aliphatic rings. The van der Waals surface area contributed by atoms with Crippen LogP contribution in [0.3, 0.4) is 0 Å². The lowest BCUT2D eigenvalue weighted by atomic mass is 10.3. The first-order chi connectivity index (χ1) is 6.74. The molecule has 0 saturated carbocycles. The van der Waals surface area contributed by atoms with Crippen LogP contribution in [0.5, 0.6) is 0 Å². The van der Waals surface area contributed by atoms with Crippen molar-refractivity contribution < 1.29 is 0 Å². The number of aryl methyl sites for hydroxylation is 1. The number of allylic oxidation sites excluding steroid dienone is 1. The van der Waals surface area contributed by atoms with Gasteiger partial charge in [-0.25, -0.2) is 4.98 Å². The molecule has 3 nitrogen and oxygen atoms in total. The van der Waals surface area contributed by atoms with E-state index >= 15 is 0 Å². The summed E-state index contributed by atoms with van der Waals surface area (Å²) in [6.45, 7) is 9.08. The third-order valence-electron chi connectivity index (χ3n) is 2.08. The Kier molecular flexibility index (Phi) is 4.40. The lowest BCUT2D eigenvalue weighted by molar-refractivity contribution is 0.639. The van der Waals surface area contributed by atoms with E-state index in [1.165, 1.54) is 5.57 Å². The molecule has 0 unspecified atom stereocenters. The highest BCUT2D eigenvalue weighted by atomic mass is 15.1. The Morgan fingerprint density at radius 2 is 2.36 bits per heavy atom. The number of hydrogen-bond donors (Lipinski definition) is 1. The van der Waals surface area contributed by atoms with E-state index < -0.39 is 0 Å². The van der Waals surface area contributed by atoms with Crippen molar-refractivity contribution >= 4 is 0 Å². The Balaban J connectivity index is 2.34. The first-order valence-corrected chi connectivity index (χ1v) is 5.08. The molecule has 0 aliphatic carbocycles. The summed E-state index contributed by atoms with van der Waals surface area (Å²) in [4.78, 5) is 4.28. The van der Waals surface area contributed by atoms with Crippen LogP contribution in [-0.4, -0.2) is 16.1 Å². The molecule has 0 spiro atoms. The van der Waals surface area contributed by atoms with Gasteiger partial charge in [0.15, 0.2) is 0 Å². The zero-order valence-corrected chi connectivity index (χ0v) is 9.25. The van der Waals surface area contributed by atoms with E-state index in [2.05, 4.69) is 41.7 Å². The van der Waals surface area contributed by atoms with Crippen LogP contribution in [-0.2, 0) is 13.1 Å². The second-order valence-corrected chi connectivity index (χ2v) is 3.54. The molecule has 0 amide bonds. The Labute approximate surface area is 85.8 Å². The maximum Gasteiger partial charge on any atom is 0.122 e. The molecule has 0 saturated heterocycles. The normalized spacial score (nSPS) is 10.2. The van der Waals surface area contributed by atoms with Crippen LogP contribution in [0.25, 0.3) is 0 Å². The fourth-order valence-electron chi connectivity index (χ4n) is 1.26. The molecule has 0 aliphatic heterocycles. The Morgan fingerprint density at radius 1 is 1.57 bits per heavy atom. The molecule has 1 aromatic rings. The summed E-state index contributed by atoms with van der Waals surface area (Å²) < 4.78 is 2.15. The zero-order valence-electron chi connectivity index (χ0n) is 9.25. The first kappa shape index (κ1) is 11.0. The van der Waals surface area contributed by atoms with Crippen molar-refractivity contribution in [2.75, 3.05) is 6.54 Å². The smallest absolute Gasteiger partial charge is 0.122 e. The van der Waals surface area contributed by atoms with Crippen LogP contribution in [0.2, 0.25) is 0 Å². The minimum atomic E-state index is 0.838. The Bertz CT molecular complexity index is 295. The van der Waals surface area contributed by atoms with Gasteiger partial charge in [0.05, 0.1) is 6.54 Å². The monoisotopic (exact) mass is 193 g/mol. The zero-order chi connectivity index (χ0) is 10.4. The molecule has 0 atom stereocenters. The third kappa shape index (κ3) is 3.34. The third-order valence-corrected chi connectivity index (χ3v) is 2.08. The van der Waals surface area contributed by atoms with Gasteiger partial charge >= 0.3 is 0 Å². The van der Waals surface area contributed by atoms with Gasteiger partial charge < -0.3 is 9.88 Å². The number of nitrogens with one attached hydrogen (secondary N) is 1. The molecule has 0 fully saturated rings. The Morgan fingerprint density at radius 3 is 3.00 bits per heavy atom. The maximum atomic E-state index is 4.28. The van der Waals surface area contributed by atoms with Crippen LogP contribution >= 0.6 is 0 Å². The highest BCUT2D eigenvalue weighted by Crippen LogP contribution is 1.96. The van der Waals surface area contributed by atoms with Gasteiger partial charge in [-0.1, -0.05) is 11.6 Å². The fraction of sp³-hybridized carbons (Fsp3) is 0.545. The van der Waals surface area contributed by atoms with Gasteiger partial charge in [0, 0.05) is 25.5 Å². The van der Waals surface area contributed by atoms with E-state index in [0.29, 0.717) is 0 Å². The van der Waals surface area contributed by atoms with E-state index in [1.807, 2.05) is 12.4 Å². The van der Waals surface area contributed by atoms with E-state index in [4.69, 9.17) is 0 Å². The van der Waals surface area contributed by atoms with E-state index in [-0.39, 0.29) is 0 Å². The van der Waals surface area contributed by atoms with Crippen LogP contribution in [0.4, 0.5) is 0 Å². The topological polar surface area (TPSA) is 29.9 Å². The second kappa shape index (κ2) is 5.60. The summed E-state index contributed by atoms with van der Waals surface area (Å²) in [6.07, 6.45) is 6.04. The lowest BCUT2D eigenvalue weighted by Crippen LogP contribution is -2.16. The lowest BCUT2D eigenvalue weighted by Gasteiger charge is -2.04. The molecule has 1 aromatic heterocycles. The molecule has 0 bridgehead atoms. The van der Waals surface area contributed by atoms with Crippen LogP contribution < -0.4 is 5.32 Å². The molecule has 3 heteroatoms. The van der Waals surface area contributed by atoms with Crippen molar-refractivity contribution in [3.05, 3.63) is 29.9 Å². The molecule has 14 heavy (non-hydrogen) atoms. The number of hydrogen-bond acceptors (Lipinski definition) is 2.